The van der Waals surface area contributed by atoms with Gasteiger partial charge in [0.1, 0.15) is 11.3 Å². The van der Waals surface area contributed by atoms with Gasteiger partial charge in [0.2, 0.25) is 5.76 Å². The molecule has 38 heavy (non-hydrogen) atoms. The third kappa shape index (κ3) is 4.49. The van der Waals surface area contributed by atoms with Gasteiger partial charge in [0.05, 0.1) is 37.8 Å². The second-order valence-electron chi connectivity index (χ2n) is 9.42. The molecule has 1 amide bonds. The number of benzene rings is 3. The van der Waals surface area contributed by atoms with E-state index in [1.54, 1.807) is 43.4 Å². The van der Waals surface area contributed by atoms with Crippen LogP contribution in [0.2, 0.25) is 0 Å². The molecular formula is C31H31NO6. The molecule has 0 saturated heterocycles. The molecule has 0 bridgehead atoms. The molecule has 1 atom stereocenters. The van der Waals surface area contributed by atoms with E-state index in [4.69, 9.17) is 18.6 Å². The minimum absolute atomic E-state index is 0.0398. The first-order valence-corrected chi connectivity index (χ1v) is 12.8. The van der Waals surface area contributed by atoms with E-state index in [1.807, 2.05) is 43.3 Å². The first-order valence-electron chi connectivity index (χ1n) is 12.8. The highest BCUT2D eigenvalue weighted by Gasteiger charge is 2.44. The van der Waals surface area contributed by atoms with Crippen LogP contribution >= 0.6 is 0 Å². The van der Waals surface area contributed by atoms with Crippen LogP contribution in [-0.4, -0.2) is 26.7 Å². The number of nitrogens with zero attached hydrogens (tertiary/aromatic N) is 1. The Hall–Kier alpha value is -4.26. The molecule has 0 N–H and O–H groups in total. The van der Waals surface area contributed by atoms with Crippen LogP contribution in [0.5, 0.6) is 17.2 Å². The zero-order chi connectivity index (χ0) is 26.8. The Labute approximate surface area is 221 Å². The zero-order valence-electron chi connectivity index (χ0n) is 22.1. The Morgan fingerprint density at radius 1 is 0.921 bits per heavy atom. The summed E-state index contributed by atoms with van der Waals surface area (Å²) in [5.74, 6) is 1.39. The van der Waals surface area contributed by atoms with Crippen LogP contribution in [0.25, 0.3) is 11.0 Å². The van der Waals surface area contributed by atoms with Crippen LogP contribution in [0.4, 0.5) is 5.69 Å². The molecule has 1 aliphatic rings. The van der Waals surface area contributed by atoms with Crippen molar-refractivity contribution in [2.75, 3.05) is 25.7 Å². The molecule has 0 fully saturated rings. The van der Waals surface area contributed by atoms with E-state index in [0.717, 1.165) is 24.8 Å². The van der Waals surface area contributed by atoms with Crippen molar-refractivity contribution in [3.05, 3.63) is 93.3 Å². The average Bonchev–Trinajstić information content (AvgIpc) is 3.23. The van der Waals surface area contributed by atoms with Crippen molar-refractivity contribution in [1.82, 2.24) is 0 Å². The van der Waals surface area contributed by atoms with Gasteiger partial charge in [0, 0.05) is 11.8 Å². The van der Waals surface area contributed by atoms with Crippen LogP contribution in [0.1, 0.15) is 59.5 Å². The summed E-state index contributed by atoms with van der Waals surface area (Å²) in [5.41, 5.74) is 2.68. The Balaban J connectivity index is 1.68. The van der Waals surface area contributed by atoms with Gasteiger partial charge in [-0.1, -0.05) is 43.5 Å². The molecule has 5 rings (SSSR count). The largest absolute Gasteiger partial charge is 0.497 e. The number of hydrogen-bond acceptors (Lipinski definition) is 6. The minimum Gasteiger partial charge on any atom is -0.497 e. The number of methoxy groups -OCH3 is 2. The fraction of sp³-hybridized carbons (Fsp3) is 0.290. The van der Waals surface area contributed by atoms with E-state index < -0.39 is 11.9 Å². The lowest BCUT2D eigenvalue weighted by Gasteiger charge is -2.26. The third-order valence-corrected chi connectivity index (χ3v) is 6.87. The summed E-state index contributed by atoms with van der Waals surface area (Å²) in [4.78, 5) is 29.4. The predicted octanol–water partition coefficient (Wildman–Crippen LogP) is 6.44. The Morgan fingerprint density at radius 2 is 1.76 bits per heavy atom. The Morgan fingerprint density at radius 3 is 2.53 bits per heavy atom. The number of carbonyl (C=O) groups is 1. The quantitative estimate of drug-likeness (QED) is 0.240. The standard InChI is InChI=1S/C31H31NO6/c1-5-6-7-15-37-25-14-12-20(17-26(25)36-4)28-27-29(33)23-16-19(2)11-13-24(23)38-30(27)31(34)32(28)21-9-8-10-22(18-21)35-3/h8-14,16-18,28H,5-7,15H2,1-4H3. The number of fused-ring (bicyclic) bond motifs is 2. The lowest BCUT2D eigenvalue weighted by molar-refractivity contribution is 0.0971. The van der Waals surface area contributed by atoms with Crippen LogP contribution in [0.15, 0.2) is 69.9 Å². The molecule has 7 heteroatoms. The van der Waals surface area contributed by atoms with Crippen molar-refractivity contribution in [3.63, 3.8) is 0 Å². The van der Waals surface area contributed by atoms with E-state index in [-0.39, 0.29) is 11.2 Å². The van der Waals surface area contributed by atoms with E-state index in [2.05, 4.69) is 6.92 Å². The first kappa shape index (κ1) is 25.4. The van der Waals surface area contributed by atoms with Gasteiger partial charge >= 0.3 is 0 Å². The van der Waals surface area contributed by atoms with Crippen molar-refractivity contribution in [1.29, 1.82) is 0 Å². The Kier molecular flexibility index (Phi) is 7.09. The van der Waals surface area contributed by atoms with Gasteiger partial charge in [-0.15, -0.1) is 0 Å². The lowest BCUT2D eigenvalue weighted by Crippen LogP contribution is -2.29. The normalized spacial score (nSPS) is 14.6. The second kappa shape index (κ2) is 10.6. The summed E-state index contributed by atoms with van der Waals surface area (Å²) in [5, 5.41) is 0.442. The molecular weight excluding hydrogens is 482 g/mol. The Bertz CT molecular complexity index is 1560. The number of amides is 1. The second-order valence-corrected chi connectivity index (χ2v) is 9.42. The molecule has 0 aliphatic carbocycles. The molecule has 0 spiro atoms. The van der Waals surface area contributed by atoms with Gasteiger partial charge in [0.25, 0.3) is 5.91 Å². The van der Waals surface area contributed by atoms with E-state index >= 15 is 0 Å². The SMILES string of the molecule is CCCCCOc1ccc(C2c3c(oc4ccc(C)cc4c3=O)C(=O)N2c2cccc(OC)c2)cc1OC. The molecule has 1 aliphatic heterocycles. The first-order chi connectivity index (χ1) is 18.5. The van der Waals surface area contributed by atoms with Gasteiger partial charge in [0.15, 0.2) is 16.9 Å². The van der Waals surface area contributed by atoms with Gasteiger partial charge in [-0.2, -0.15) is 0 Å². The van der Waals surface area contributed by atoms with Crippen molar-refractivity contribution in [2.45, 2.75) is 39.2 Å². The molecule has 1 unspecified atom stereocenters. The number of anilines is 1. The molecule has 3 aromatic carbocycles. The molecule has 4 aromatic rings. The number of unbranched alkanes of at least 4 members (excludes halogenated alkanes) is 2. The molecule has 0 radical (unpaired) electrons. The monoisotopic (exact) mass is 513 g/mol. The third-order valence-electron chi connectivity index (χ3n) is 6.87. The summed E-state index contributed by atoms with van der Waals surface area (Å²) in [6.07, 6.45) is 3.13. The maximum absolute atomic E-state index is 13.9. The topological polar surface area (TPSA) is 78.2 Å². The molecule has 0 saturated carbocycles. The lowest BCUT2D eigenvalue weighted by atomic mass is 9.97. The van der Waals surface area contributed by atoms with Gasteiger partial charge in [-0.05, 0) is 55.3 Å². The van der Waals surface area contributed by atoms with E-state index in [9.17, 15) is 9.59 Å². The predicted molar refractivity (Wildman–Crippen MR) is 147 cm³/mol. The smallest absolute Gasteiger partial charge is 0.295 e. The molecule has 1 aromatic heterocycles. The number of carbonyl (C=O) groups excluding carboxylic acids is 1. The van der Waals surface area contributed by atoms with Gasteiger partial charge in [-0.3, -0.25) is 14.5 Å². The van der Waals surface area contributed by atoms with Crippen molar-refractivity contribution in [2.24, 2.45) is 0 Å². The minimum atomic E-state index is -0.728. The highest BCUT2D eigenvalue weighted by atomic mass is 16.5. The number of aryl methyl sites for hydroxylation is 1. The molecule has 7 nitrogen and oxygen atoms in total. The summed E-state index contributed by atoms with van der Waals surface area (Å²) in [6.45, 7) is 4.64. The van der Waals surface area contributed by atoms with Crippen LogP contribution in [-0.2, 0) is 0 Å². The number of ether oxygens (including phenoxy) is 3. The maximum atomic E-state index is 13.9. The highest BCUT2D eigenvalue weighted by Crippen LogP contribution is 2.44. The highest BCUT2D eigenvalue weighted by molar-refractivity contribution is 6.10. The molecule has 196 valence electrons. The van der Waals surface area contributed by atoms with Crippen LogP contribution in [0.3, 0.4) is 0 Å². The number of rotatable bonds is 9. The fourth-order valence-corrected chi connectivity index (χ4v) is 4.94. The summed E-state index contributed by atoms with van der Waals surface area (Å²) in [6, 6.07) is 17.4. The van der Waals surface area contributed by atoms with Gasteiger partial charge in [-0.25, -0.2) is 0 Å². The maximum Gasteiger partial charge on any atom is 0.295 e. The number of hydrogen-bond donors (Lipinski definition) is 0. The van der Waals surface area contributed by atoms with Crippen molar-refractivity contribution in [3.8, 4) is 17.2 Å². The van der Waals surface area contributed by atoms with Gasteiger partial charge < -0.3 is 18.6 Å². The average molecular weight is 514 g/mol. The van der Waals surface area contributed by atoms with Crippen molar-refractivity contribution < 1.29 is 23.4 Å². The summed E-state index contributed by atoms with van der Waals surface area (Å²) < 4.78 is 23.1. The summed E-state index contributed by atoms with van der Waals surface area (Å²) >= 11 is 0. The van der Waals surface area contributed by atoms with E-state index in [0.29, 0.717) is 51.6 Å². The zero-order valence-corrected chi connectivity index (χ0v) is 22.1. The van der Waals surface area contributed by atoms with Crippen LogP contribution in [0, 0.1) is 6.92 Å². The fourth-order valence-electron chi connectivity index (χ4n) is 4.94. The molecule has 2 heterocycles. The van der Waals surface area contributed by atoms with Crippen molar-refractivity contribution >= 4 is 22.6 Å². The van der Waals surface area contributed by atoms with E-state index in [1.165, 1.54) is 0 Å². The summed E-state index contributed by atoms with van der Waals surface area (Å²) in [7, 11) is 3.15. The van der Waals surface area contributed by atoms with Crippen LogP contribution < -0.4 is 24.5 Å².